The zero-order valence-electron chi connectivity index (χ0n) is 12.6. The largest absolute Gasteiger partial charge is 0.493 e. The lowest BCUT2D eigenvalue weighted by molar-refractivity contribution is 0.282. The van der Waals surface area contributed by atoms with E-state index in [1.807, 2.05) is 6.07 Å². The molecule has 0 radical (unpaired) electrons. The molecular formula is C16H24ClNO2. The van der Waals surface area contributed by atoms with Crippen molar-refractivity contribution < 1.29 is 9.47 Å². The number of nitrogens with two attached hydrogens (primary N) is 1. The fourth-order valence-corrected chi connectivity index (χ4v) is 3.62. The first kappa shape index (κ1) is 15.5. The number of benzene rings is 1. The van der Waals surface area contributed by atoms with E-state index in [0.29, 0.717) is 5.75 Å². The second-order valence-electron chi connectivity index (χ2n) is 5.53. The molecule has 0 amide bonds. The Morgan fingerprint density at radius 2 is 1.85 bits per heavy atom. The molecule has 1 fully saturated rings. The summed E-state index contributed by atoms with van der Waals surface area (Å²) in [6, 6.07) is 1.96. The summed E-state index contributed by atoms with van der Waals surface area (Å²) in [5.74, 6) is 1.42. The molecule has 1 aromatic rings. The quantitative estimate of drug-likeness (QED) is 0.912. The van der Waals surface area contributed by atoms with Gasteiger partial charge >= 0.3 is 0 Å². The van der Waals surface area contributed by atoms with E-state index in [1.165, 1.54) is 6.42 Å². The second kappa shape index (κ2) is 6.23. The van der Waals surface area contributed by atoms with Crippen molar-refractivity contribution in [1.29, 1.82) is 0 Å². The lowest BCUT2D eigenvalue weighted by atomic mass is 9.76. The molecule has 0 saturated heterocycles. The normalized spacial score (nSPS) is 17.9. The molecule has 0 spiro atoms. The molecular weight excluding hydrogens is 274 g/mol. The van der Waals surface area contributed by atoms with Gasteiger partial charge in [0.1, 0.15) is 0 Å². The van der Waals surface area contributed by atoms with Gasteiger partial charge in [-0.15, -0.1) is 0 Å². The van der Waals surface area contributed by atoms with Crippen LogP contribution in [-0.2, 0) is 12.0 Å². The summed E-state index contributed by atoms with van der Waals surface area (Å²) in [4.78, 5) is 0. The smallest absolute Gasteiger partial charge is 0.167 e. The predicted molar refractivity (Wildman–Crippen MR) is 82.9 cm³/mol. The summed E-state index contributed by atoms with van der Waals surface area (Å²) in [6.07, 6.45) is 6.24. The van der Waals surface area contributed by atoms with E-state index in [2.05, 4.69) is 6.92 Å². The highest BCUT2D eigenvalue weighted by molar-refractivity contribution is 6.32. The fourth-order valence-electron chi connectivity index (χ4n) is 3.16. The summed E-state index contributed by atoms with van der Waals surface area (Å²) in [6.45, 7) is 2.08. The Labute approximate surface area is 126 Å². The summed E-state index contributed by atoms with van der Waals surface area (Å²) in [5, 5.41) is 0.745. The van der Waals surface area contributed by atoms with Crippen molar-refractivity contribution in [2.24, 2.45) is 5.73 Å². The first-order valence-electron chi connectivity index (χ1n) is 7.30. The lowest BCUT2D eigenvalue weighted by Gasteiger charge is -2.36. The van der Waals surface area contributed by atoms with Gasteiger partial charge in [-0.25, -0.2) is 0 Å². The molecule has 112 valence electrons. The average molecular weight is 298 g/mol. The van der Waals surface area contributed by atoms with Crippen molar-refractivity contribution >= 4 is 11.6 Å². The van der Waals surface area contributed by atoms with E-state index >= 15 is 0 Å². The fraction of sp³-hybridized carbons (Fsp3) is 0.625. The van der Waals surface area contributed by atoms with Crippen LogP contribution < -0.4 is 15.2 Å². The van der Waals surface area contributed by atoms with Crippen LogP contribution in [0.2, 0.25) is 5.02 Å². The molecule has 20 heavy (non-hydrogen) atoms. The first-order valence-corrected chi connectivity index (χ1v) is 7.68. The standard InChI is InChI=1S/C16H24ClNO2/c1-4-11-10-12(19-2)15(20-3)13(14(11)17)16(18)8-6-5-7-9-16/h10H,4-9,18H2,1-3H3. The zero-order chi connectivity index (χ0) is 14.8. The van der Waals surface area contributed by atoms with E-state index in [4.69, 9.17) is 26.8 Å². The number of halogens is 1. The minimum absolute atomic E-state index is 0.404. The summed E-state index contributed by atoms with van der Waals surface area (Å²) in [7, 11) is 3.30. The molecule has 0 atom stereocenters. The van der Waals surface area contributed by atoms with E-state index in [-0.39, 0.29) is 0 Å². The van der Waals surface area contributed by atoms with Crippen LogP contribution in [0, 0.1) is 0 Å². The van der Waals surface area contributed by atoms with E-state index in [1.54, 1.807) is 14.2 Å². The molecule has 0 aromatic heterocycles. The van der Waals surface area contributed by atoms with Crippen LogP contribution in [0.15, 0.2) is 6.07 Å². The maximum absolute atomic E-state index is 6.68. The Kier molecular flexibility index (Phi) is 4.82. The minimum Gasteiger partial charge on any atom is -0.493 e. The van der Waals surface area contributed by atoms with Crippen molar-refractivity contribution in [2.45, 2.75) is 51.0 Å². The number of methoxy groups -OCH3 is 2. The zero-order valence-corrected chi connectivity index (χ0v) is 13.3. The van der Waals surface area contributed by atoms with Gasteiger partial charge in [-0.1, -0.05) is 37.8 Å². The predicted octanol–water partition coefficient (Wildman–Crippen LogP) is 4.04. The third kappa shape index (κ3) is 2.61. The molecule has 0 bridgehead atoms. The Bertz CT molecular complexity index is 482. The highest BCUT2D eigenvalue weighted by Crippen LogP contribution is 2.48. The SMILES string of the molecule is CCc1cc(OC)c(OC)c(C2(N)CCCCC2)c1Cl. The van der Waals surface area contributed by atoms with E-state index < -0.39 is 5.54 Å². The molecule has 1 saturated carbocycles. The highest BCUT2D eigenvalue weighted by atomic mass is 35.5. The van der Waals surface area contributed by atoms with Crippen LogP contribution in [-0.4, -0.2) is 14.2 Å². The minimum atomic E-state index is -0.404. The Morgan fingerprint density at radius 3 is 2.35 bits per heavy atom. The number of hydrogen-bond acceptors (Lipinski definition) is 3. The molecule has 1 aromatic carbocycles. The molecule has 1 aliphatic carbocycles. The number of hydrogen-bond donors (Lipinski definition) is 1. The average Bonchev–Trinajstić information content (AvgIpc) is 2.47. The van der Waals surface area contributed by atoms with Crippen LogP contribution in [0.3, 0.4) is 0 Å². The van der Waals surface area contributed by atoms with Crippen molar-refractivity contribution in [3.05, 3.63) is 22.2 Å². The van der Waals surface area contributed by atoms with Gasteiger partial charge in [0.05, 0.1) is 19.2 Å². The number of rotatable bonds is 4. The van der Waals surface area contributed by atoms with E-state index in [9.17, 15) is 0 Å². The molecule has 2 rings (SSSR count). The topological polar surface area (TPSA) is 44.5 Å². The third-order valence-electron chi connectivity index (χ3n) is 4.31. The lowest BCUT2D eigenvalue weighted by Crippen LogP contribution is -2.39. The number of ether oxygens (including phenoxy) is 2. The van der Waals surface area contributed by atoms with Gasteiger partial charge in [-0.05, 0) is 30.9 Å². The van der Waals surface area contributed by atoms with Crippen molar-refractivity contribution in [3.63, 3.8) is 0 Å². The van der Waals surface area contributed by atoms with Crippen LogP contribution in [0.25, 0.3) is 0 Å². The maximum Gasteiger partial charge on any atom is 0.167 e. The summed E-state index contributed by atoms with van der Waals surface area (Å²) >= 11 is 6.63. The monoisotopic (exact) mass is 297 g/mol. The van der Waals surface area contributed by atoms with Gasteiger partial charge in [0.25, 0.3) is 0 Å². The van der Waals surface area contributed by atoms with Crippen LogP contribution in [0.1, 0.15) is 50.2 Å². The van der Waals surface area contributed by atoms with Crippen LogP contribution in [0.4, 0.5) is 0 Å². The van der Waals surface area contributed by atoms with E-state index in [0.717, 1.165) is 54.0 Å². The third-order valence-corrected chi connectivity index (χ3v) is 4.74. The molecule has 4 heteroatoms. The molecule has 3 nitrogen and oxygen atoms in total. The Hall–Kier alpha value is -0.930. The molecule has 2 N–H and O–H groups in total. The molecule has 1 aliphatic rings. The summed E-state index contributed by atoms with van der Waals surface area (Å²) < 4.78 is 11.0. The van der Waals surface area contributed by atoms with Gasteiger partial charge in [-0.2, -0.15) is 0 Å². The maximum atomic E-state index is 6.68. The van der Waals surface area contributed by atoms with Gasteiger partial charge in [0, 0.05) is 11.1 Å². The van der Waals surface area contributed by atoms with Gasteiger partial charge in [0.15, 0.2) is 11.5 Å². The Morgan fingerprint density at radius 1 is 1.20 bits per heavy atom. The molecule has 0 unspecified atom stereocenters. The van der Waals surface area contributed by atoms with Crippen LogP contribution in [0.5, 0.6) is 11.5 Å². The van der Waals surface area contributed by atoms with Gasteiger partial charge < -0.3 is 15.2 Å². The highest BCUT2D eigenvalue weighted by Gasteiger charge is 2.36. The van der Waals surface area contributed by atoms with Gasteiger partial charge in [0.2, 0.25) is 0 Å². The summed E-state index contributed by atoms with van der Waals surface area (Å²) in [5.41, 5.74) is 8.27. The number of aryl methyl sites for hydroxylation is 1. The van der Waals surface area contributed by atoms with Gasteiger partial charge in [-0.3, -0.25) is 0 Å². The second-order valence-corrected chi connectivity index (χ2v) is 5.91. The van der Waals surface area contributed by atoms with Crippen molar-refractivity contribution in [3.8, 4) is 11.5 Å². The molecule has 0 heterocycles. The first-order chi connectivity index (χ1) is 9.57. The van der Waals surface area contributed by atoms with Crippen molar-refractivity contribution in [1.82, 2.24) is 0 Å². The van der Waals surface area contributed by atoms with Crippen molar-refractivity contribution in [2.75, 3.05) is 14.2 Å². The van der Waals surface area contributed by atoms with Crippen LogP contribution >= 0.6 is 11.6 Å². The Balaban J connectivity index is 2.64. The molecule has 0 aliphatic heterocycles.